The molecule has 0 saturated carbocycles. The summed E-state index contributed by atoms with van der Waals surface area (Å²) in [4.78, 5) is 35.5. The van der Waals surface area contributed by atoms with E-state index in [0.717, 1.165) is 5.56 Å². The highest BCUT2D eigenvalue weighted by molar-refractivity contribution is 5.95. The Labute approximate surface area is 220 Å². The molecule has 3 rings (SSSR count). The number of allylic oxidation sites excluding steroid dienone is 1. The van der Waals surface area contributed by atoms with Crippen LogP contribution in [0.25, 0.3) is 0 Å². The van der Waals surface area contributed by atoms with E-state index in [2.05, 4.69) is 26.5 Å². The Morgan fingerprint density at radius 1 is 1.16 bits per heavy atom. The molecule has 202 valence electrons. The number of esters is 1. The second-order valence-corrected chi connectivity index (χ2v) is 8.22. The molecule has 2 aromatic rings. The number of aliphatic hydroxyl groups excluding tert-OH is 1. The number of ether oxygens (including phenoxy) is 3. The fraction of sp³-hybridized carbons (Fsp3) is 0.308. The summed E-state index contributed by atoms with van der Waals surface area (Å²) in [5.74, 6) is -0.00448. The van der Waals surface area contributed by atoms with Gasteiger partial charge >= 0.3 is 12.0 Å². The molecule has 0 radical (unpaired) electrons. The lowest BCUT2D eigenvalue weighted by atomic mass is 9.95. The highest BCUT2D eigenvalue weighted by Gasteiger charge is 2.32. The number of nitrogens with one attached hydrogen (secondary N) is 4. The van der Waals surface area contributed by atoms with Gasteiger partial charge < -0.3 is 35.3 Å². The fourth-order valence-electron chi connectivity index (χ4n) is 3.68. The zero-order valence-corrected chi connectivity index (χ0v) is 21.5. The summed E-state index contributed by atoms with van der Waals surface area (Å²) >= 11 is 0. The molecule has 0 fully saturated rings. The minimum atomic E-state index is -1.13. The van der Waals surface area contributed by atoms with Crippen molar-refractivity contribution in [2.75, 3.05) is 25.6 Å². The van der Waals surface area contributed by atoms with Gasteiger partial charge in [-0.3, -0.25) is 10.2 Å². The molecule has 1 aliphatic rings. The van der Waals surface area contributed by atoms with E-state index in [0.29, 0.717) is 35.1 Å². The first-order chi connectivity index (χ1) is 18.2. The van der Waals surface area contributed by atoms with Gasteiger partial charge in [-0.1, -0.05) is 18.2 Å². The molecular weight excluding hydrogens is 494 g/mol. The summed E-state index contributed by atoms with van der Waals surface area (Å²) in [5.41, 5.74) is 5.25. The molecular formula is C26H31N5O7. The number of hydrogen-bond acceptors (Lipinski definition) is 9. The van der Waals surface area contributed by atoms with Crippen LogP contribution in [0.3, 0.4) is 0 Å². The molecule has 0 saturated heterocycles. The van der Waals surface area contributed by atoms with Crippen LogP contribution >= 0.6 is 0 Å². The molecule has 0 aliphatic carbocycles. The first kappa shape index (κ1) is 28.0. The van der Waals surface area contributed by atoms with Crippen molar-refractivity contribution in [2.45, 2.75) is 33.0 Å². The molecule has 1 heterocycles. The Morgan fingerprint density at radius 3 is 2.55 bits per heavy atom. The summed E-state index contributed by atoms with van der Waals surface area (Å²) < 4.78 is 16.3. The molecule has 3 amide bonds. The molecule has 5 N–H and O–H groups in total. The standard InChI is InChI=1S/C26H31N5O7/c1-5-37-21-12-18(24-23(25(34)36-4)15(2)28-26(35)30-24)8-11-20(21)38-14-22(33)31-27-13-17-6-9-19(10-7-17)29-16(3)32/h6-13,22,24,31,33H,5,14H2,1-4H3,(H,29,32)(H2,28,30,35)/b27-13-/t22-,24+/m1/s1. The van der Waals surface area contributed by atoms with Crippen LogP contribution in [-0.4, -0.2) is 55.8 Å². The normalized spacial score (nSPS) is 15.8. The highest BCUT2D eigenvalue weighted by atomic mass is 16.5. The number of rotatable bonds is 11. The smallest absolute Gasteiger partial charge is 0.337 e. The third kappa shape index (κ3) is 7.46. The van der Waals surface area contributed by atoms with Crippen molar-refractivity contribution in [3.05, 3.63) is 64.9 Å². The number of hydrogen-bond donors (Lipinski definition) is 5. The van der Waals surface area contributed by atoms with E-state index in [1.54, 1.807) is 56.3 Å². The van der Waals surface area contributed by atoms with Crippen LogP contribution in [0, 0.1) is 0 Å². The predicted molar refractivity (Wildman–Crippen MR) is 140 cm³/mol. The number of aliphatic hydroxyl groups is 1. The molecule has 1 aliphatic heterocycles. The van der Waals surface area contributed by atoms with E-state index < -0.39 is 24.3 Å². The molecule has 0 aromatic heterocycles. The van der Waals surface area contributed by atoms with Gasteiger partial charge in [-0.25, -0.2) is 9.59 Å². The molecule has 0 unspecified atom stereocenters. The van der Waals surface area contributed by atoms with Crippen LogP contribution in [0.15, 0.2) is 58.8 Å². The number of hydrazone groups is 1. The van der Waals surface area contributed by atoms with Crippen molar-refractivity contribution in [3.63, 3.8) is 0 Å². The summed E-state index contributed by atoms with van der Waals surface area (Å²) in [6.07, 6.45) is 0.391. The van der Waals surface area contributed by atoms with Gasteiger partial charge in [0.15, 0.2) is 17.7 Å². The predicted octanol–water partition coefficient (Wildman–Crippen LogP) is 2.17. The fourth-order valence-corrected chi connectivity index (χ4v) is 3.68. The van der Waals surface area contributed by atoms with Crippen LogP contribution in [0.4, 0.5) is 10.5 Å². The number of amides is 3. The topological polar surface area (TPSA) is 160 Å². The Morgan fingerprint density at radius 2 is 1.89 bits per heavy atom. The van der Waals surface area contributed by atoms with Gasteiger partial charge in [0.2, 0.25) is 5.91 Å². The van der Waals surface area contributed by atoms with Crippen molar-refractivity contribution < 1.29 is 33.7 Å². The van der Waals surface area contributed by atoms with E-state index in [1.807, 2.05) is 0 Å². The average Bonchev–Trinajstić information content (AvgIpc) is 2.88. The third-order valence-corrected chi connectivity index (χ3v) is 5.34. The number of carbonyl (C=O) groups excluding carboxylic acids is 3. The first-order valence-corrected chi connectivity index (χ1v) is 11.8. The summed E-state index contributed by atoms with van der Waals surface area (Å²) in [6, 6.07) is 10.8. The lowest BCUT2D eigenvalue weighted by molar-refractivity contribution is -0.136. The van der Waals surface area contributed by atoms with Gasteiger partial charge in [-0.15, -0.1) is 0 Å². The number of anilines is 1. The Hall–Kier alpha value is -4.58. The van der Waals surface area contributed by atoms with Gasteiger partial charge in [0.25, 0.3) is 0 Å². The van der Waals surface area contributed by atoms with Crippen LogP contribution < -0.4 is 30.8 Å². The number of urea groups is 1. The Bertz CT molecular complexity index is 1230. The van der Waals surface area contributed by atoms with Gasteiger partial charge in [-0.05, 0) is 49.2 Å². The van der Waals surface area contributed by atoms with Crippen molar-refractivity contribution in [1.29, 1.82) is 0 Å². The molecule has 0 spiro atoms. The summed E-state index contributed by atoms with van der Waals surface area (Å²) in [5, 5.41) is 22.2. The van der Waals surface area contributed by atoms with Gasteiger partial charge in [0.05, 0.1) is 31.5 Å². The molecule has 12 heteroatoms. The second kappa shape index (κ2) is 13.1. The van der Waals surface area contributed by atoms with E-state index in [-0.39, 0.29) is 18.1 Å². The quantitative estimate of drug-likeness (QED) is 0.129. The van der Waals surface area contributed by atoms with Gasteiger partial charge in [0.1, 0.15) is 6.61 Å². The van der Waals surface area contributed by atoms with Crippen molar-refractivity contribution in [2.24, 2.45) is 5.10 Å². The molecule has 38 heavy (non-hydrogen) atoms. The first-order valence-electron chi connectivity index (χ1n) is 11.8. The maximum atomic E-state index is 12.4. The van der Waals surface area contributed by atoms with E-state index in [4.69, 9.17) is 14.2 Å². The SMILES string of the molecule is CCOc1cc([C@@H]2NC(=O)NC(C)=C2C(=O)OC)ccc1OC[C@@H](O)N/N=C\c1ccc(NC(C)=O)cc1. The average molecular weight is 526 g/mol. The van der Waals surface area contributed by atoms with Crippen molar-refractivity contribution in [3.8, 4) is 11.5 Å². The van der Waals surface area contributed by atoms with Gasteiger partial charge in [0, 0.05) is 18.3 Å². The van der Waals surface area contributed by atoms with E-state index in [1.165, 1.54) is 20.2 Å². The number of nitrogens with zero attached hydrogens (tertiary/aromatic N) is 1. The van der Waals surface area contributed by atoms with Crippen LogP contribution in [-0.2, 0) is 14.3 Å². The zero-order valence-electron chi connectivity index (χ0n) is 21.5. The second-order valence-electron chi connectivity index (χ2n) is 8.22. The molecule has 12 nitrogen and oxygen atoms in total. The minimum Gasteiger partial charge on any atom is -0.490 e. The molecule has 0 bridgehead atoms. The third-order valence-electron chi connectivity index (χ3n) is 5.34. The molecule has 2 atom stereocenters. The Kier molecular flexibility index (Phi) is 9.66. The lowest BCUT2D eigenvalue weighted by Gasteiger charge is -2.28. The lowest BCUT2D eigenvalue weighted by Crippen LogP contribution is -2.45. The minimum absolute atomic E-state index is 0.144. The zero-order chi connectivity index (χ0) is 27.7. The number of benzene rings is 2. The monoisotopic (exact) mass is 525 g/mol. The Balaban J connectivity index is 1.65. The highest BCUT2D eigenvalue weighted by Crippen LogP contribution is 2.34. The van der Waals surface area contributed by atoms with Crippen LogP contribution in [0.2, 0.25) is 0 Å². The van der Waals surface area contributed by atoms with Crippen molar-refractivity contribution >= 4 is 29.8 Å². The maximum Gasteiger partial charge on any atom is 0.337 e. The largest absolute Gasteiger partial charge is 0.490 e. The van der Waals surface area contributed by atoms with E-state index >= 15 is 0 Å². The number of methoxy groups -OCH3 is 1. The van der Waals surface area contributed by atoms with Gasteiger partial charge in [-0.2, -0.15) is 5.10 Å². The van der Waals surface area contributed by atoms with E-state index in [9.17, 15) is 19.5 Å². The summed E-state index contributed by atoms with van der Waals surface area (Å²) in [6.45, 7) is 5.05. The maximum absolute atomic E-state index is 12.4. The van der Waals surface area contributed by atoms with Crippen LogP contribution in [0.1, 0.15) is 37.9 Å². The van der Waals surface area contributed by atoms with Crippen molar-refractivity contribution in [1.82, 2.24) is 16.1 Å². The van der Waals surface area contributed by atoms with Crippen LogP contribution in [0.5, 0.6) is 11.5 Å². The number of carbonyl (C=O) groups is 3. The molecule has 2 aromatic carbocycles. The summed E-state index contributed by atoms with van der Waals surface area (Å²) in [7, 11) is 1.27.